The van der Waals surface area contributed by atoms with Crippen LogP contribution in [0.15, 0.2) is 41.2 Å². The molecule has 0 N–H and O–H groups in total. The van der Waals surface area contributed by atoms with Crippen molar-refractivity contribution in [1.29, 1.82) is 0 Å². The van der Waals surface area contributed by atoms with E-state index in [4.69, 9.17) is 4.74 Å². The number of esters is 1. The third-order valence-corrected chi connectivity index (χ3v) is 4.54. The van der Waals surface area contributed by atoms with Gasteiger partial charge in [-0.1, -0.05) is 29.5 Å². The highest BCUT2D eigenvalue weighted by Crippen LogP contribution is 2.43. The van der Waals surface area contributed by atoms with Crippen LogP contribution >= 0.6 is 0 Å². The van der Waals surface area contributed by atoms with Crippen LogP contribution in [0.25, 0.3) is 10.9 Å². The summed E-state index contributed by atoms with van der Waals surface area (Å²) in [6, 6.07) is 6.97. The van der Waals surface area contributed by atoms with E-state index in [2.05, 4.69) is 22.5 Å². The van der Waals surface area contributed by atoms with Gasteiger partial charge in [-0.15, -0.1) is 5.10 Å². The summed E-state index contributed by atoms with van der Waals surface area (Å²) in [4.78, 5) is 24.4. The first-order valence-corrected chi connectivity index (χ1v) is 7.40. The van der Waals surface area contributed by atoms with Crippen molar-refractivity contribution in [3.8, 4) is 0 Å². The minimum Gasteiger partial charge on any atom is -0.442 e. The van der Waals surface area contributed by atoms with Crippen molar-refractivity contribution < 1.29 is 9.53 Å². The number of ether oxygens (including phenoxy) is 1. The van der Waals surface area contributed by atoms with Crippen molar-refractivity contribution in [2.24, 2.45) is 17.8 Å². The summed E-state index contributed by atoms with van der Waals surface area (Å²) < 4.78 is 6.37. The smallest absolute Gasteiger partial charge is 0.311 e. The molecule has 0 saturated heterocycles. The van der Waals surface area contributed by atoms with E-state index >= 15 is 0 Å². The van der Waals surface area contributed by atoms with Crippen molar-refractivity contribution >= 4 is 16.9 Å². The van der Waals surface area contributed by atoms with Gasteiger partial charge in [0, 0.05) is 0 Å². The van der Waals surface area contributed by atoms with E-state index in [9.17, 15) is 9.59 Å². The predicted octanol–water partition coefficient (Wildman–Crippen LogP) is 1.50. The van der Waals surface area contributed by atoms with Gasteiger partial charge in [0.15, 0.2) is 6.73 Å². The summed E-state index contributed by atoms with van der Waals surface area (Å²) in [5.41, 5.74) is 0.236. The minimum absolute atomic E-state index is 0.0842. The Morgan fingerprint density at radius 3 is 2.91 bits per heavy atom. The van der Waals surface area contributed by atoms with Crippen LogP contribution in [-0.2, 0) is 16.3 Å². The Hall–Kier alpha value is -2.50. The Labute approximate surface area is 126 Å². The second-order valence-corrected chi connectivity index (χ2v) is 5.89. The van der Waals surface area contributed by atoms with E-state index in [0.29, 0.717) is 16.8 Å². The Kier molecular flexibility index (Phi) is 3.03. The van der Waals surface area contributed by atoms with Crippen LogP contribution in [0, 0.1) is 17.8 Å². The molecule has 0 spiro atoms. The molecular formula is C16H15N3O3. The van der Waals surface area contributed by atoms with E-state index in [1.54, 1.807) is 24.3 Å². The third kappa shape index (κ3) is 2.11. The van der Waals surface area contributed by atoms with Crippen LogP contribution in [0.3, 0.4) is 0 Å². The van der Waals surface area contributed by atoms with Crippen LogP contribution in [-0.4, -0.2) is 21.0 Å². The van der Waals surface area contributed by atoms with E-state index in [0.717, 1.165) is 17.5 Å². The number of allylic oxidation sites excluding steroid dienone is 2. The number of nitrogens with zero attached hydrogens (tertiary/aromatic N) is 3. The summed E-state index contributed by atoms with van der Waals surface area (Å²) in [6.45, 7) is -0.187. The summed E-state index contributed by atoms with van der Waals surface area (Å²) in [5, 5.41) is 8.25. The summed E-state index contributed by atoms with van der Waals surface area (Å²) in [6.07, 6.45) is 6.16. The van der Waals surface area contributed by atoms with E-state index in [-0.39, 0.29) is 30.1 Å². The zero-order valence-electron chi connectivity index (χ0n) is 11.9. The van der Waals surface area contributed by atoms with E-state index < -0.39 is 0 Å². The highest BCUT2D eigenvalue weighted by atomic mass is 16.5. The second-order valence-electron chi connectivity index (χ2n) is 5.89. The van der Waals surface area contributed by atoms with Crippen LogP contribution in [0.1, 0.15) is 12.8 Å². The van der Waals surface area contributed by atoms with Gasteiger partial charge in [-0.2, -0.15) is 4.68 Å². The number of carbonyl (C=O) groups is 1. The van der Waals surface area contributed by atoms with Crippen LogP contribution in [0.4, 0.5) is 0 Å². The average molecular weight is 297 g/mol. The Morgan fingerprint density at radius 2 is 2.14 bits per heavy atom. The SMILES string of the molecule is O=C(OCn1nnc2ccccc2c1=O)C1CC2C=CC1C2. The molecule has 2 aromatic rings. The molecule has 1 fully saturated rings. The largest absolute Gasteiger partial charge is 0.442 e. The van der Waals surface area contributed by atoms with E-state index in [1.807, 2.05) is 0 Å². The molecule has 1 aromatic heterocycles. The van der Waals surface area contributed by atoms with Crippen molar-refractivity contribution in [2.45, 2.75) is 19.6 Å². The Morgan fingerprint density at radius 1 is 1.27 bits per heavy atom. The minimum atomic E-state index is -0.300. The molecule has 1 aromatic carbocycles. The lowest BCUT2D eigenvalue weighted by molar-refractivity contribution is -0.154. The van der Waals surface area contributed by atoms with Gasteiger partial charge in [0.05, 0.1) is 11.3 Å². The number of carbonyl (C=O) groups excluding carboxylic acids is 1. The molecule has 1 saturated carbocycles. The molecule has 0 amide bonds. The lowest BCUT2D eigenvalue weighted by Crippen LogP contribution is -2.29. The second kappa shape index (κ2) is 5.05. The molecule has 6 heteroatoms. The number of hydrogen-bond acceptors (Lipinski definition) is 5. The van der Waals surface area contributed by atoms with Crippen molar-refractivity contribution in [3.63, 3.8) is 0 Å². The molecule has 2 aliphatic carbocycles. The molecule has 22 heavy (non-hydrogen) atoms. The van der Waals surface area contributed by atoms with Gasteiger partial charge in [0.1, 0.15) is 5.52 Å². The third-order valence-electron chi connectivity index (χ3n) is 4.54. The lowest BCUT2D eigenvalue weighted by atomic mass is 9.94. The molecule has 4 rings (SSSR count). The van der Waals surface area contributed by atoms with Crippen molar-refractivity contribution in [3.05, 3.63) is 46.8 Å². The van der Waals surface area contributed by atoms with Crippen molar-refractivity contribution in [1.82, 2.24) is 15.0 Å². The highest BCUT2D eigenvalue weighted by Gasteiger charge is 2.40. The molecule has 2 bridgehead atoms. The molecule has 6 nitrogen and oxygen atoms in total. The van der Waals surface area contributed by atoms with Crippen molar-refractivity contribution in [2.75, 3.05) is 0 Å². The first-order valence-electron chi connectivity index (χ1n) is 7.40. The maximum absolute atomic E-state index is 12.2. The van der Waals surface area contributed by atoms with Crippen LogP contribution in [0.2, 0.25) is 0 Å². The first kappa shape index (κ1) is 13.2. The zero-order chi connectivity index (χ0) is 15.1. The number of benzene rings is 1. The number of aromatic nitrogens is 3. The molecule has 0 radical (unpaired) electrons. The van der Waals surface area contributed by atoms with Gasteiger partial charge in [0.2, 0.25) is 0 Å². The average Bonchev–Trinajstić information content (AvgIpc) is 3.17. The fourth-order valence-electron chi connectivity index (χ4n) is 3.39. The van der Waals surface area contributed by atoms with Gasteiger partial charge in [-0.05, 0) is 36.8 Å². The Bertz CT molecular complexity index is 827. The zero-order valence-corrected chi connectivity index (χ0v) is 11.9. The maximum Gasteiger partial charge on any atom is 0.311 e. The van der Waals surface area contributed by atoms with Gasteiger partial charge < -0.3 is 4.74 Å². The maximum atomic E-state index is 12.2. The molecule has 3 unspecified atom stereocenters. The highest BCUT2D eigenvalue weighted by molar-refractivity contribution is 5.76. The topological polar surface area (TPSA) is 74.1 Å². The first-order chi connectivity index (χ1) is 10.7. The quantitative estimate of drug-likeness (QED) is 0.634. The molecular weight excluding hydrogens is 282 g/mol. The van der Waals surface area contributed by atoms with Gasteiger partial charge in [-0.25, -0.2) is 0 Å². The molecule has 3 atom stereocenters. The standard InChI is InChI=1S/C16H15N3O3/c20-15-12-3-1-2-4-14(12)17-18-19(15)9-22-16(21)13-8-10-5-6-11(13)7-10/h1-6,10-11,13H,7-9H2. The number of fused-ring (bicyclic) bond motifs is 3. The number of rotatable bonds is 3. The van der Waals surface area contributed by atoms with Crippen LogP contribution in [0.5, 0.6) is 0 Å². The number of hydrogen-bond donors (Lipinski definition) is 0. The molecule has 0 aliphatic heterocycles. The normalized spacial score (nSPS) is 25.7. The lowest BCUT2D eigenvalue weighted by Gasteiger charge is -2.16. The van der Waals surface area contributed by atoms with Gasteiger partial charge >= 0.3 is 5.97 Å². The summed E-state index contributed by atoms with van der Waals surface area (Å²) >= 11 is 0. The van der Waals surface area contributed by atoms with Gasteiger partial charge in [0.25, 0.3) is 5.56 Å². The fourth-order valence-corrected chi connectivity index (χ4v) is 3.39. The Balaban J connectivity index is 1.50. The molecule has 1 heterocycles. The summed E-state index contributed by atoms with van der Waals surface area (Å²) in [7, 11) is 0. The monoisotopic (exact) mass is 297 g/mol. The van der Waals surface area contributed by atoms with Crippen LogP contribution < -0.4 is 5.56 Å². The van der Waals surface area contributed by atoms with Gasteiger partial charge in [-0.3, -0.25) is 9.59 Å². The predicted molar refractivity (Wildman–Crippen MR) is 78.7 cm³/mol. The van der Waals surface area contributed by atoms with E-state index in [1.165, 1.54) is 0 Å². The molecule has 2 aliphatic rings. The molecule has 112 valence electrons. The fraction of sp³-hybridized carbons (Fsp3) is 0.375. The summed E-state index contributed by atoms with van der Waals surface area (Å²) in [5.74, 6) is 0.459.